The molecule has 128 valence electrons. The van der Waals surface area contributed by atoms with Crippen molar-refractivity contribution in [1.82, 2.24) is 20.1 Å². The molecule has 1 aliphatic carbocycles. The molecule has 25 heavy (non-hydrogen) atoms. The number of nitrogens with zero attached hydrogens (tertiary/aromatic N) is 3. The van der Waals surface area contributed by atoms with Crippen molar-refractivity contribution in [3.8, 4) is 10.6 Å². The number of thiazole rings is 1. The van der Waals surface area contributed by atoms with E-state index < -0.39 is 0 Å². The van der Waals surface area contributed by atoms with Gasteiger partial charge in [0, 0.05) is 30.8 Å². The Hall–Kier alpha value is -1.89. The second kappa shape index (κ2) is 6.44. The number of benzene rings is 1. The number of aryl methyl sites for hydroxylation is 1. The highest BCUT2D eigenvalue weighted by Crippen LogP contribution is 2.45. The fraction of sp³-hybridized carbons (Fsp3) is 0.235. The van der Waals surface area contributed by atoms with Gasteiger partial charge in [0.2, 0.25) is 0 Å². The third-order valence-corrected chi connectivity index (χ3v) is 6.05. The minimum atomic E-state index is -0.113. The Morgan fingerprint density at radius 2 is 2.20 bits per heavy atom. The zero-order chi connectivity index (χ0) is 17.6. The Bertz CT molecular complexity index is 952. The molecular weight excluding hydrogens is 379 g/mol. The van der Waals surface area contributed by atoms with Crippen molar-refractivity contribution in [2.45, 2.75) is 18.4 Å². The first kappa shape index (κ1) is 16.6. The van der Waals surface area contributed by atoms with E-state index in [-0.39, 0.29) is 17.9 Å². The SMILES string of the molecule is Cn1cc(-c2ncc(C(=O)N[C@H]3C[C@H]3c3cccc(Cl)c3Cl)s2)cn1. The van der Waals surface area contributed by atoms with Crippen molar-refractivity contribution in [3.63, 3.8) is 0 Å². The van der Waals surface area contributed by atoms with E-state index in [4.69, 9.17) is 23.2 Å². The molecule has 1 saturated carbocycles. The summed E-state index contributed by atoms with van der Waals surface area (Å²) in [5.41, 5.74) is 1.89. The predicted octanol–water partition coefficient (Wildman–Crippen LogP) is 4.14. The van der Waals surface area contributed by atoms with Gasteiger partial charge in [-0.25, -0.2) is 4.98 Å². The van der Waals surface area contributed by atoms with Crippen LogP contribution in [0.15, 0.2) is 36.8 Å². The molecule has 0 radical (unpaired) electrons. The zero-order valence-electron chi connectivity index (χ0n) is 13.2. The smallest absolute Gasteiger partial charge is 0.263 e. The maximum atomic E-state index is 12.5. The number of aromatic nitrogens is 3. The standard InChI is InChI=1S/C17H14Cl2N4OS/c1-23-8-9(6-21-23)17-20-7-14(25-17)16(24)22-13-5-11(13)10-3-2-4-12(18)15(10)19/h2-4,6-8,11,13H,5H2,1H3,(H,22,24)/t11-,13-/m0/s1. The van der Waals surface area contributed by atoms with Crippen molar-refractivity contribution in [3.05, 3.63) is 57.3 Å². The summed E-state index contributed by atoms with van der Waals surface area (Å²) in [5.74, 6) is 0.0964. The zero-order valence-corrected chi connectivity index (χ0v) is 15.6. The van der Waals surface area contributed by atoms with Gasteiger partial charge in [0.15, 0.2) is 0 Å². The number of amides is 1. The average Bonchev–Trinajstić information content (AvgIpc) is 2.99. The molecule has 0 bridgehead atoms. The summed E-state index contributed by atoms with van der Waals surface area (Å²) in [6.07, 6.45) is 6.07. The highest BCUT2D eigenvalue weighted by molar-refractivity contribution is 7.16. The molecule has 5 nitrogen and oxygen atoms in total. The molecule has 2 atom stereocenters. The van der Waals surface area contributed by atoms with Gasteiger partial charge in [-0.1, -0.05) is 35.3 Å². The molecule has 0 saturated heterocycles. The summed E-state index contributed by atoms with van der Waals surface area (Å²) in [6, 6.07) is 5.68. The molecule has 2 aromatic heterocycles. The summed E-state index contributed by atoms with van der Waals surface area (Å²) in [6.45, 7) is 0. The molecule has 4 rings (SSSR count). The number of hydrogen-bond donors (Lipinski definition) is 1. The lowest BCUT2D eigenvalue weighted by atomic mass is 10.1. The van der Waals surface area contributed by atoms with E-state index in [1.54, 1.807) is 23.1 Å². The van der Waals surface area contributed by atoms with Gasteiger partial charge in [0.1, 0.15) is 9.88 Å². The number of carbonyl (C=O) groups excluding carboxylic acids is 1. The first-order valence-corrected chi connectivity index (χ1v) is 9.30. The van der Waals surface area contributed by atoms with E-state index in [0.29, 0.717) is 14.9 Å². The minimum Gasteiger partial charge on any atom is -0.348 e. The van der Waals surface area contributed by atoms with E-state index in [0.717, 1.165) is 22.6 Å². The highest BCUT2D eigenvalue weighted by Gasteiger charge is 2.41. The molecule has 0 spiro atoms. The van der Waals surface area contributed by atoms with Crippen LogP contribution in [0.2, 0.25) is 10.0 Å². The second-order valence-corrected chi connectivity index (χ2v) is 7.81. The van der Waals surface area contributed by atoms with E-state index in [1.165, 1.54) is 11.3 Å². The average molecular weight is 393 g/mol. The normalized spacial score (nSPS) is 19.0. The highest BCUT2D eigenvalue weighted by atomic mass is 35.5. The van der Waals surface area contributed by atoms with Gasteiger partial charge in [-0.2, -0.15) is 5.10 Å². The molecule has 0 aliphatic heterocycles. The third-order valence-electron chi connectivity index (χ3n) is 4.17. The molecular formula is C17H14Cl2N4OS. The van der Waals surface area contributed by atoms with Gasteiger partial charge in [-0.05, 0) is 18.1 Å². The van der Waals surface area contributed by atoms with Crippen LogP contribution in [-0.2, 0) is 7.05 Å². The van der Waals surface area contributed by atoms with Crippen LogP contribution in [-0.4, -0.2) is 26.7 Å². The summed E-state index contributed by atoms with van der Waals surface area (Å²) in [7, 11) is 1.85. The lowest BCUT2D eigenvalue weighted by Gasteiger charge is -2.06. The fourth-order valence-corrected chi connectivity index (χ4v) is 4.03. The number of nitrogens with one attached hydrogen (secondary N) is 1. The van der Waals surface area contributed by atoms with Crippen LogP contribution in [0.5, 0.6) is 0 Å². The summed E-state index contributed by atoms with van der Waals surface area (Å²) in [4.78, 5) is 17.4. The Kier molecular flexibility index (Phi) is 4.27. The molecule has 1 aliphatic rings. The van der Waals surface area contributed by atoms with E-state index >= 15 is 0 Å². The fourth-order valence-electron chi connectivity index (χ4n) is 2.79. The summed E-state index contributed by atoms with van der Waals surface area (Å²) >= 11 is 13.7. The Morgan fingerprint density at radius 1 is 1.36 bits per heavy atom. The van der Waals surface area contributed by atoms with Crippen molar-refractivity contribution >= 4 is 40.4 Å². The van der Waals surface area contributed by atoms with Crippen LogP contribution in [0.3, 0.4) is 0 Å². The lowest BCUT2D eigenvalue weighted by molar-refractivity contribution is 0.0954. The maximum absolute atomic E-state index is 12.5. The van der Waals surface area contributed by atoms with Crippen LogP contribution < -0.4 is 5.32 Å². The minimum absolute atomic E-state index is 0.0763. The van der Waals surface area contributed by atoms with Crippen molar-refractivity contribution < 1.29 is 4.79 Å². The number of carbonyl (C=O) groups is 1. The Balaban J connectivity index is 1.44. The topological polar surface area (TPSA) is 59.8 Å². The van der Waals surface area contributed by atoms with Gasteiger partial charge < -0.3 is 5.32 Å². The van der Waals surface area contributed by atoms with E-state index in [1.807, 2.05) is 25.4 Å². The van der Waals surface area contributed by atoms with Gasteiger partial charge >= 0.3 is 0 Å². The van der Waals surface area contributed by atoms with Gasteiger partial charge in [0.25, 0.3) is 5.91 Å². The number of hydrogen-bond acceptors (Lipinski definition) is 4. The molecule has 1 fully saturated rings. The number of rotatable bonds is 4. The molecule has 1 N–H and O–H groups in total. The van der Waals surface area contributed by atoms with Crippen LogP contribution in [0.1, 0.15) is 27.6 Å². The lowest BCUT2D eigenvalue weighted by Crippen LogP contribution is -2.25. The molecule has 8 heteroatoms. The Morgan fingerprint density at radius 3 is 2.96 bits per heavy atom. The molecule has 1 aromatic carbocycles. The third kappa shape index (κ3) is 3.29. The number of halogens is 2. The molecule has 2 heterocycles. The predicted molar refractivity (Wildman–Crippen MR) is 99.4 cm³/mol. The first-order chi connectivity index (χ1) is 12.0. The van der Waals surface area contributed by atoms with Crippen molar-refractivity contribution in [2.75, 3.05) is 0 Å². The molecule has 1 amide bonds. The van der Waals surface area contributed by atoms with Crippen molar-refractivity contribution in [1.29, 1.82) is 0 Å². The Labute approximate surface area is 158 Å². The van der Waals surface area contributed by atoms with Crippen LogP contribution in [0.25, 0.3) is 10.6 Å². The van der Waals surface area contributed by atoms with Crippen LogP contribution in [0, 0.1) is 0 Å². The molecule has 0 unspecified atom stereocenters. The second-order valence-electron chi connectivity index (χ2n) is 6.00. The quantitative estimate of drug-likeness (QED) is 0.725. The van der Waals surface area contributed by atoms with Gasteiger partial charge in [-0.15, -0.1) is 11.3 Å². The van der Waals surface area contributed by atoms with Gasteiger partial charge in [-0.3, -0.25) is 9.48 Å². The van der Waals surface area contributed by atoms with Crippen LogP contribution in [0.4, 0.5) is 0 Å². The van der Waals surface area contributed by atoms with E-state index in [2.05, 4.69) is 15.4 Å². The van der Waals surface area contributed by atoms with Gasteiger partial charge in [0.05, 0.1) is 22.4 Å². The largest absolute Gasteiger partial charge is 0.348 e. The summed E-state index contributed by atoms with van der Waals surface area (Å²) in [5, 5.41) is 9.06. The van der Waals surface area contributed by atoms with E-state index in [9.17, 15) is 4.79 Å². The summed E-state index contributed by atoms with van der Waals surface area (Å²) < 4.78 is 1.71. The first-order valence-electron chi connectivity index (χ1n) is 7.72. The van der Waals surface area contributed by atoms with Crippen molar-refractivity contribution in [2.24, 2.45) is 7.05 Å². The monoisotopic (exact) mass is 392 g/mol. The molecule has 3 aromatic rings. The van der Waals surface area contributed by atoms with Crippen LogP contribution >= 0.6 is 34.5 Å². The maximum Gasteiger partial charge on any atom is 0.263 e.